The molecule has 3 aromatic rings. The molecule has 0 atom stereocenters. The predicted octanol–water partition coefficient (Wildman–Crippen LogP) is 3.73. The Morgan fingerprint density at radius 3 is 2.50 bits per heavy atom. The van der Waals surface area contributed by atoms with Crippen LogP contribution in [0.15, 0.2) is 24.3 Å². The zero-order valence-electron chi connectivity index (χ0n) is 18.3. The van der Waals surface area contributed by atoms with Crippen LogP contribution in [-0.2, 0) is 7.05 Å². The van der Waals surface area contributed by atoms with Crippen LogP contribution in [-0.4, -0.2) is 51.8 Å². The number of rotatable bonds is 3. The van der Waals surface area contributed by atoms with Gasteiger partial charge in [-0.05, 0) is 56.9 Å². The zero-order chi connectivity index (χ0) is 21.0. The fraction of sp³-hybridized carbons (Fsp3) is 0.458. The molecule has 2 aliphatic rings. The number of hydrogen-bond acceptors (Lipinski definition) is 4. The number of nitrogens with zero attached hydrogens (tertiary/aromatic N) is 5. The molecule has 156 valence electrons. The van der Waals surface area contributed by atoms with E-state index in [1.807, 2.05) is 29.6 Å². The molecular weight excluding hydrogens is 374 g/mol. The summed E-state index contributed by atoms with van der Waals surface area (Å²) in [6.07, 6.45) is 2.33. The number of carbonyl (C=O) groups is 1. The van der Waals surface area contributed by atoms with Crippen LogP contribution in [0.25, 0.3) is 11.0 Å². The van der Waals surface area contributed by atoms with Crippen LogP contribution in [0.5, 0.6) is 0 Å². The SMILES string of the molecule is Cc1cccc(N2CCN(C(=O)c3cc(C4CC4)nc4c3c(C)nn4C)CC2)c1C. The minimum Gasteiger partial charge on any atom is -0.368 e. The molecule has 0 spiro atoms. The Bertz CT molecular complexity index is 1140. The van der Waals surface area contributed by atoms with E-state index in [-0.39, 0.29) is 5.91 Å². The highest BCUT2D eigenvalue weighted by molar-refractivity contribution is 6.06. The third-order valence-electron chi connectivity index (χ3n) is 6.70. The van der Waals surface area contributed by atoms with Gasteiger partial charge in [-0.3, -0.25) is 9.48 Å². The van der Waals surface area contributed by atoms with Crippen molar-refractivity contribution in [1.29, 1.82) is 0 Å². The summed E-state index contributed by atoms with van der Waals surface area (Å²) in [6.45, 7) is 9.47. The number of anilines is 1. The summed E-state index contributed by atoms with van der Waals surface area (Å²) in [5, 5.41) is 5.45. The molecule has 0 radical (unpaired) electrons. The highest BCUT2D eigenvalue weighted by Gasteiger charge is 2.30. The first-order valence-corrected chi connectivity index (χ1v) is 10.9. The molecule has 1 saturated carbocycles. The fourth-order valence-corrected chi connectivity index (χ4v) is 4.62. The lowest BCUT2D eigenvalue weighted by Crippen LogP contribution is -2.49. The third kappa shape index (κ3) is 3.15. The van der Waals surface area contributed by atoms with Gasteiger partial charge in [0.1, 0.15) is 0 Å². The van der Waals surface area contributed by atoms with E-state index in [9.17, 15) is 4.79 Å². The molecule has 1 saturated heterocycles. The number of pyridine rings is 1. The first-order valence-electron chi connectivity index (χ1n) is 10.9. The number of aryl methyl sites for hydroxylation is 3. The number of piperazine rings is 1. The monoisotopic (exact) mass is 403 g/mol. The van der Waals surface area contributed by atoms with Crippen molar-refractivity contribution < 1.29 is 4.79 Å². The standard InChI is InChI=1S/C24H29N5O/c1-15-6-5-7-21(16(15)2)28-10-12-29(13-11-28)24(30)19-14-20(18-8-9-18)25-23-22(19)17(3)26-27(23)4/h5-7,14,18H,8-13H2,1-4H3. The maximum absolute atomic E-state index is 13.6. The van der Waals surface area contributed by atoms with Crippen molar-refractivity contribution >= 4 is 22.6 Å². The Kier molecular flexibility index (Phi) is 4.53. The predicted molar refractivity (Wildman–Crippen MR) is 119 cm³/mol. The smallest absolute Gasteiger partial charge is 0.254 e. The number of fused-ring (bicyclic) bond motifs is 1. The second-order valence-corrected chi connectivity index (χ2v) is 8.77. The number of hydrogen-bond donors (Lipinski definition) is 0. The van der Waals surface area contributed by atoms with Crippen molar-refractivity contribution in [1.82, 2.24) is 19.7 Å². The summed E-state index contributed by atoms with van der Waals surface area (Å²) in [5.41, 5.74) is 7.44. The van der Waals surface area contributed by atoms with E-state index in [2.05, 4.69) is 42.0 Å². The minimum absolute atomic E-state index is 0.112. The number of benzene rings is 1. The fourth-order valence-electron chi connectivity index (χ4n) is 4.62. The van der Waals surface area contributed by atoms with Crippen LogP contribution in [0, 0.1) is 20.8 Å². The average Bonchev–Trinajstić information content (AvgIpc) is 3.55. The molecule has 1 aliphatic carbocycles. The largest absolute Gasteiger partial charge is 0.368 e. The summed E-state index contributed by atoms with van der Waals surface area (Å²) >= 11 is 0. The first kappa shape index (κ1) is 19.1. The summed E-state index contributed by atoms with van der Waals surface area (Å²) in [7, 11) is 1.91. The number of amides is 1. The Hall–Kier alpha value is -2.89. The van der Waals surface area contributed by atoms with Gasteiger partial charge in [-0.15, -0.1) is 0 Å². The Labute approximate surface area is 177 Å². The molecule has 30 heavy (non-hydrogen) atoms. The first-order chi connectivity index (χ1) is 14.4. The molecule has 5 rings (SSSR count). The van der Waals surface area contributed by atoms with E-state index in [1.165, 1.54) is 16.8 Å². The topological polar surface area (TPSA) is 54.3 Å². The molecule has 1 aromatic carbocycles. The van der Waals surface area contributed by atoms with Gasteiger partial charge >= 0.3 is 0 Å². The van der Waals surface area contributed by atoms with Gasteiger partial charge < -0.3 is 9.80 Å². The highest BCUT2D eigenvalue weighted by Crippen LogP contribution is 2.40. The van der Waals surface area contributed by atoms with Crippen LogP contribution in [0.1, 0.15) is 51.6 Å². The van der Waals surface area contributed by atoms with Gasteiger partial charge in [-0.2, -0.15) is 5.10 Å². The Morgan fingerprint density at radius 1 is 1.07 bits per heavy atom. The molecule has 6 nitrogen and oxygen atoms in total. The Morgan fingerprint density at radius 2 is 1.80 bits per heavy atom. The molecular formula is C24H29N5O. The van der Waals surface area contributed by atoms with Gasteiger partial charge in [0.2, 0.25) is 0 Å². The molecule has 0 bridgehead atoms. The molecule has 2 aromatic heterocycles. The third-order valence-corrected chi connectivity index (χ3v) is 6.70. The van der Waals surface area contributed by atoms with Gasteiger partial charge in [-0.25, -0.2) is 4.98 Å². The summed E-state index contributed by atoms with van der Waals surface area (Å²) in [6, 6.07) is 8.50. The summed E-state index contributed by atoms with van der Waals surface area (Å²) in [4.78, 5) is 22.8. The van der Waals surface area contributed by atoms with Crippen molar-refractivity contribution in [2.75, 3.05) is 31.1 Å². The van der Waals surface area contributed by atoms with E-state index < -0.39 is 0 Å². The van der Waals surface area contributed by atoms with Gasteiger partial charge in [0, 0.05) is 50.5 Å². The quantitative estimate of drug-likeness (QED) is 0.669. The Balaban J connectivity index is 1.42. The van der Waals surface area contributed by atoms with Gasteiger partial charge in [0.15, 0.2) is 5.65 Å². The molecule has 1 aliphatic heterocycles. The second kappa shape index (κ2) is 7.11. The summed E-state index contributed by atoms with van der Waals surface area (Å²) < 4.78 is 1.81. The van der Waals surface area contributed by atoms with Crippen LogP contribution >= 0.6 is 0 Å². The van der Waals surface area contributed by atoms with Crippen LogP contribution in [0.2, 0.25) is 0 Å². The maximum atomic E-state index is 13.6. The molecule has 2 fully saturated rings. The van der Waals surface area contributed by atoms with Gasteiger partial charge in [0.25, 0.3) is 5.91 Å². The lowest BCUT2D eigenvalue weighted by molar-refractivity contribution is 0.0748. The lowest BCUT2D eigenvalue weighted by Gasteiger charge is -2.37. The second-order valence-electron chi connectivity index (χ2n) is 8.77. The number of carbonyl (C=O) groups excluding carboxylic acids is 1. The van der Waals surface area contributed by atoms with Crippen molar-refractivity contribution in [2.24, 2.45) is 7.05 Å². The highest BCUT2D eigenvalue weighted by atomic mass is 16.2. The van der Waals surface area contributed by atoms with Crippen LogP contribution in [0.4, 0.5) is 5.69 Å². The number of aromatic nitrogens is 3. The molecule has 0 unspecified atom stereocenters. The van der Waals surface area contributed by atoms with E-state index in [0.717, 1.165) is 67.0 Å². The maximum Gasteiger partial charge on any atom is 0.254 e. The van der Waals surface area contributed by atoms with E-state index in [4.69, 9.17) is 4.98 Å². The van der Waals surface area contributed by atoms with Crippen molar-refractivity contribution in [3.8, 4) is 0 Å². The molecule has 0 N–H and O–H groups in total. The minimum atomic E-state index is 0.112. The van der Waals surface area contributed by atoms with Crippen molar-refractivity contribution in [2.45, 2.75) is 39.5 Å². The van der Waals surface area contributed by atoms with E-state index >= 15 is 0 Å². The average molecular weight is 404 g/mol. The summed E-state index contributed by atoms with van der Waals surface area (Å²) in [5.74, 6) is 0.610. The molecule has 1 amide bonds. The van der Waals surface area contributed by atoms with E-state index in [1.54, 1.807) is 0 Å². The van der Waals surface area contributed by atoms with Gasteiger partial charge in [-0.1, -0.05) is 12.1 Å². The van der Waals surface area contributed by atoms with Gasteiger partial charge in [0.05, 0.1) is 16.6 Å². The van der Waals surface area contributed by atoms with Crippen LogP contribution in [0.3, 0.4) is 0 Å². The van der Waals surface area contributed by atoms with Crippen molar-refractivity contribution in [3.63, 3.8) is 0 Å². The van der Waals surface area contributed by atoms with Crippen molar-refractivity contribution in [3.05, 3.63) is 52.3 Å². The normalized spacial score (nSPS) is 17.1. The van der Waals surface area contributed by atoms with Crippen LogP contribution < -0.4 is 4.90 Å². The lowest BCUT2D eigenvalue weighted by atomic mass is 10.0. The van der Waals surface area contributed by atoms with E-state index in [0.29, 0.717) is 5.92 Å². The molecule has 3 heterocycles. The zero-order valence-corrected chi connectivity index (χ0v) is 18.3. The molecule has 6 heteroatoms.